The molecule has 0 N–H and O–H groups in total. The van der Waals surface area contributed by atoms with Crippen molar-refractivity contribution in [2.45, 2.75) is 57.9 Å². The summed E-state index contributed by atoms with van der Waals surface area (Å²) in [4.78, 5) is 19.5. The summed E-state index contributed by atoms with van der Waals surface area (Å²) in [5.41, 5.74) is -0.186. The second-order valence-electron chi connectivity index (χ2n) is 5.79. The van der Waals surface area contributed by atoms with Gasteiger partial charge in [-0.3, -0.25) is 9.69 Å². The summed E-state index contributed by atoms with van der Waals surface area (Å²) in [5.74, 6) is 1.42. The van der Waals surface area contributed by atoms with E-state index in [9.17, 15) is 4.79 Å². The van der Waals surface area contributed by atoms with E-state index in [0.717, 1.165) is 38.2 Å². The first-order valence-corrected chi connectivity index (χ1v) is 7.88. The summed E-state index contributed by atoms with van der Waals surface area (Å²) in [6, 6.07) is 0. The van der Waals surface area contributed by atoms with Gasteiger partial charge < -0.3 is 4.57 Å². The lowest BCUT2D eigenvalue weighted by Gasteiger charge is -2.39. The summed E-state index contributed by atoms with van der Waals surface area (Å²) >= 11 is 0. The Morgan fingerprint density at radius 3 is 2.50 bits per heavy atom. The number of aromatic nitrogens is 2. The summed E-state index contributed by atoms with van der Waals surface area (Å²) in [5, 5.41) is 0. The second-order valence-corrected chi connectivity index (χ2v) is 5.79. The Labute approximate surface area is 122 Å². The predicted molar refractivity (Wildman–Crippen MR) is 80.7 cm³/mol. The molecule has 0 bridgehead atoms. The largest absolute Gasteiger partial charge is 0.338 e. The lowest BCUT2D eigenvalue weighted by atomic mass is 9.87. The van der Waals surface area contributed by atoms with Crippen LogP contribution in [-0.2, 0) is 18.3 Å². The summed E-state index contributed by atoms with van der Waals surface area (Å²) in [6.07, 6.45) is 9.55. The minimum absolute atomic E-state index is 0.186. The molecule has 1 aromatic heterocycles. The van der Waals surface area contributed by atoms with Crippen molar-refractivity contribution >= 4 is 5.78 Å². The maximum absolute atomic E-state index is 12.9. The van der Waals surface area contributed by atoms with Gasteiger partial charge in [-0.1, -0.05) is 26.7 Å². The summed E-state index contributed by atoms with van der Waals surface area (Å²) < 4.78 is 2.01. The van der Waals surface area contributed by atoms with Gasteiger partial charge in [-0.2, -0.15) is 0 Å². The zero-order chi connectivity index (χ0) is 14.6. The molecule has 1 heterocycles. The van der Waals surface area contributed by atoms with E-state index in [1.54, 1.807) is 6.20 Å². The van der Waals surface area contributed by atoms with Crippen LogP contribution in [0.25, 0.3) is 0 Å². The van der Waals surface area contributed by atoms with Crippen molar-refractivity contribution in [1.29, 1.82) is 0 Å². The summed E-state index contributed by atoms with van der Waals surface area (Å²) in [6.45, 7) is 6.25. The van der Waals surface area contributed by atoms with Gasteiger partial charge in [0.25, 0.3) is 0 Å². The van der Waals surface area contributed by atoms with Crippen LogP contribution in [0, 0.1) is 0 Å². The lowest BCUT2D eigenvalue weighted by molar-refractivity contribution is -0.131. The first kappa shape index (κ1) is 15.2. The van der Waals surface area contributed by atoms with Gasteiger partial charge in [-0.25, -0.2) is 4.98 Å². The monoisotopic (exact) mass is 277 g/mol. The van der Waals surface area contributed by atoms with Gasteiger partial charge in [-0.15, -0.1) is 0 Å². The quantitative estimate of drug-likeness (QED) is 0.769. The van der Waals surface area contributed by atoms with Gasteiger partial charge in [0.05, 0.1) is 5.54 Å². The molecular formula is C16H27N3O. The second kappa shape index (κ2) is 6.53. The molecular weight excluding hydrogens is 250 g/mol. The van der Waals surface area contributed by atoms with Crippen molar-refractivity contribution in [3.8, 4) is 0 Å². The fourth-order valence-corrected chi connectivity index (χ4v) is 3.66. The van der Waals surface area contributed by atoms with Gasteiger partial charge in [0.2, 0.25) is 0 Å². The number of hydrogen-bond donors (Lipinski definition) is 0. The maximum atomic E-state index is 12.9. The fraction of sp³-hybridized carbons (Fsp3) is 0.750. The Kier molecular flexibility index (Phi) is 4.97. The average molecular weight is 277 g/mol. The highest BCUT2D eigenvalue weighted by molar-refractivity contribution is 5.88. The molecule has 1 aliphatic carbocycles. The van der Waals surface area contributed by atoms with E-state index in [-0.39, 0.29) is 5.54 Å². The molecule has 0 atom stereocenters. The van der Waals surface area contributed by atoms with E-state index in [1.165, 1.54) is 12.8 Å². The topological polar surface area (TPSA) is 38.1 Å². The molecule has 1 fully saturated rings. The van der Waals surface area contributed by atoms with Crippen molar-refractivity contribution in [2.75, 3.05) is 13.1 Å². The van der Waals surface area contributed by atoms with E-state index in [1.807, 2.05) is 17.8 Å². The minimum atomic E-state index is -0.186. The molecule has 1 saturated carbocycles. The highest BCUT2D eigenvalue weighted by Gasteiger charge is 2.43. The number of aryl methyl sites for hydroxylation is 2. The van der Waals surface area contributed by atoms with E-state index in [4.69, 9.17) is 0 Å². The number of carbonyl (C=O) groups is 1. The third-order valence-electron chi connectivity index (χ3n) is 4.82. The Morgan fingerprint density at radius 2 is 2.00 bits per heavy atom. The van der Waals surface area contributed by atoms with Crippen LogP contribution in [0.4, 0.5) is 0 Å². The zero-order valence-electron chi connectivity index (χ0n) is 13.1. The molecule has 0 radical (unpaired) electrons. The Balaban J connectivity index is 2.06. The van der Waals surface area contributed by atoms with E-state index in [2.05, 4.69) is 23.7 Å². The minimum Gasteiger partial charge on any atom is -0.338 e. The van der Waals surface area contributed by atoms with Crippen LogP contribution >= 0.6 is 0 Å². The fourth-order valence-electron chi connectivity index (χ4n) is 3.66. The number of likely N-dealkylation sites (N-methyl/N-ethyl adjacent to an activating group) is 1. The van der Waals surface area contributed by atoms with Crippen LogP contribution in [-0.4, -0.2) is 38.9 Å². The molecule has 0 saturated heterocycles. The van der Waals surface area contributed by atoms with Crippen LogP contribution in [0.5, 0.6) is 0 Å². The van der Waals surface area contributed by atoms with Gasteiger partial charge in [0.1, 0.15) is 5.82 Å². The standard InChI is InChI=1S/C16H27N3O/c1-4-19(5-2)16(10-6-7-11-16)14(20)8-9-15-17-12-13-18(15)3/h12-13H,4-11H2,1-3H3. The van der Waals surface area contributed by atoms with Crippen molar-refractivity contribution in [3.05, 3.63) is 18.2 Å². The van der Waals surface area contributed by atoms with E-state index >= 15 is 0 Å². The number of ketones is 1. The highest BCUT2D eigenvalue weighted by Crippen LogP contribution is 2.37. The molecule has 112 valence electrons. The third-order valence-corrected chi connectivity index (χ3v) is 4.82. The molecule has 0 unspecified atom stereocenters. The maximum Gasteiger partial charge on any atom is 0.153 e. The molecule has 0 amide bonds. The first-order chi connectivity index (χ1) is 9.64. The van der Waals surface area contributed by atoms with Gasteiger partial charge in [0, 0.05) is 32.3 Å². The number of hydrogen-bond acceptors (Lipinski definition) is 3. The SMILES string of the molecule is CCN(CC)C1(C(=O)CCc2nccn2C)CCCC1. The number of rotatable bonds is 7. The van der Waals surface area contributed by atoms with Gasteiger partial charge >= 0.3 is 0 Å². The van der Waals surface area contributed by atoms with Crippen molar-refractivity contribution in [2.24, 2.45) is 7.05 Å². The molecule has 4 nitrogen and oxygen atoms in total. The molecule has 2 rings (SSSR count). The van der Waals surface area contributed by atoms with E-state index < -0.39 is 0 Å². The zero-order valence-corrected chi connectivity index (χ0v) is 13.1. The highest BCUT2D eigenvalue weighted by atomic mass is 16.1. The molecule has 1 aromatic rings. The van der Waals surface area contributed by atoms with Crippen LogP contribution in [0.15, 0.2) is 12.4 Å². The van der Waals surface area contributed by atoms with Crippen LogP contribution in [0.3, 0.4) is 0 Å². The molecule has 0 spiro atoms. The summed E-state index contributed by atoms with van der Waals surface area (Å²) in [7, 11) is 1.99. The van der Waals surface area contributed by atoms with Crippen molar-refractivity contribution in [3.63, 3.8) is 0 Å². The molecule has 0 aromatic carbocycles. The predicted octanol–water partition coefficient (Wildman–Crippen LogP) is 2.58. The van der Waals surface area contributed by atoms with Gasteiger partial charge in [-0.05, 0) is 25.9 Å². The Hall–Kier alpha value is -1.16. The van der Waals surface area contributed by atoms with Crippen LogP contribution in [0.1, 0.15) is 51.8 Å². The van der Waals surface area contributed by atoms with Crippen molar-refractivity contribution in [1.82, 2.24) is 14.5 Å². The van der Waals surface area contributed by atoms with E-state index in [0.29, 0.717) is 12.2 Å². The molecule has 20 heavy (non-hydrogen) atoms. The van der Waals surface area contributed by atoms with Crippen LogP contribution < -0.4 is 0 Å². The smallest absolute Gasteiger partial charge is 0.153 e. The van der Waals surface area contributed by atoms with Gasteiger partial charge in [0.15, 0.2) is 5.78 Å². The number of imidazole rings is 1. The number of nitrogens with zero attached hydrogens (tertiary/aromatic N) is 3. The molecule has 4 heteroatoms. The number of carbonyl (C=O) groups excluding carboxylic acids is 1. The average Bonchev–Trinajstić information content (AvgIpc) is 3.08. The van der Waals surface area contributed by atoms with Crippen LogP contribution in [0.2, 0.25) is 0 Å². The third kappa shape index (κ3) is 2.80. The normalized spacial score (nSPS) is 17.8. The Bertz CT molecular complexity index is 442. The lowest BCUT2D eigenvalue weighted by Crippen LogP contribution is -2.52. The first-order valence-electron chi connectivity index (χ1n) is 7.88. The van der Waals surface area contributed by atoms with Crippen molar-refractivity contribution < 1.29 is 4.79 Å². The Morgan fingerprint density at radius 1 is 1.35 bits per heavy atom. The number of Topliss-reactive ketones (excluding diaryl/α,β-unsaturated/α-hetero) is 1. The molecule has 0 aliphatic heterocycles. The molecule has 1 aliphatic rings.